The maximum absolute atomic E-state index is 12.5. The third-order valence-electron chi connectivity index (χ3n) is 4.19. The van der Waals surface area contributed by atoms with E-state index in [1.807, 2.05) is 0 Å². The first-order chi connectivity index (χ1) is 12.6. The van der Waals surface area contributed by atoms with Crippen LogP contribution in [0.1, 0.15) is 26.9 Å². The highest BCUT2D eigenvalue weighted by Crippen LogP contribution is 2.39. The molecule has 0 radical (unpaired) electrons. The quantitative estimate of drug-likeness (QED) is 0.746. The molecular formula is C16H21Cl3N6O2. The molecule has 2 aromatic heterocycles. The van der Waals surface area contributed by atoms with Gasteiger partial charge in [-0.3, -0.25) is 9.36 Å². The predicted molar refractivity (Wildman–Crippen MR) is 105 cm³/mol. The summed E-state index contributed by atoms with van der Waals surface area (Å²) in [7, 11) is 0. The minimum absolute atomic E-state index is 0.261. The topological polar surface area (TPSA) is 85.2 Å². The molecule has 8 nitrogen and oxygen atoms in total. The van der Waals surface area contributed by atoms with Crippen LogP contribution < -0.4 is 10.2 Å². The Hall–Kier alpha value is -1.35. The number of fused-ring (bicyclic) bond motifs is 1. The first-order valence-electron chi connectivity index (χ1n) is 8.47. The standard InChI is InChI=1S/C16H21Cl3N6O2/c1-15(2,3)14(26)23-13(16(17,18)19)25-9-22-10-11(20-8-21-12(10)25)24-4-6-27-7-5-24/h8-9,13H,4-7H2,1-3H3,(H,23,26)/t13-/m0/s1. The number of nitrogens with one attached hydrogen (secondary N) is 1. The maximum atomic E-state index is 12.5. The Morgan fingerprint density at radius 1 is 1.19 bits per heavy atom. The van der Waals surface area contributed by atoms with E-state index < -0.39 is 15.4 Å². The SMILES string of the molecule is CC(C)(C)C(=O)N[C@@H](n1cnc2c(N3CCOCC3)ncnc21)C(Cl)(Cl)Cl. The van der Waals surface area contributed by atoms with Gasteiger partial charge in [-0.1, -0.05) is 55.6 Å². The number of alkyl halides is 3. The van der Waals surface area contributed by atoms with Crippen molar-refractivity contribution in [3.63, 3.8) is 0 Å². The van der Waals surface area contributed by atoms with Crippen molar-refractivity contribution in [2.24, 2.45) is 5.41 Å². The van der Waals surface area contributed by atoms with Crippen molar-refractivity contribution in [2.75, 3.05) is 31.2 Å². The maximum Gasteiger partial charge on any atom is 0.229 e. The molecule has 3 heterocycles. The zero-order chi connectivity index (χ0) is 19.8. The Morgan fingerprint density at radius 2 is 1.85 bits per heavy atom. The summed E-state index contributed by atoms with van der Waals surface area (Å²) in [6.07, 6.45) is 1.96. The molecule has 3 rings (SSSR count). The lowest BCUT2D eigenvalue weighted by molar-refractivity contribution is -0.129. The van der Waals surface area contributed by atoms with Gasteiger partial charge in [0.15, 0.2) is 23.1 Å². The van der Waals surface area contributed by atoms with Crippen LogP contribution in [0.4, 0.5) is 5.82 Å². The molecule has 1 aliphatic heterocycles. The summed E-state index contributed by atoms with van der Waals surface area (Å²) in [5.41, 5.74) is 0.388. The highest BCUT2D eigenvalue weighted by atomic mass is 35.6. The van der Waals surface area contributed by atoms with Crippen LogP contribution in [0.25, 0.3) is 11.2 Å². The predicted octanol–water partition coefficient (Wildman–Crippen LogP) is 2.69. The molecule has 11 heteroatoms. The molecule has 0 unspecified atom stereocenters. The first kappa shape index (κ1) is 20.4. The number of amides is 1. The molecule has 1 N–H and O–H groups in total. The second-order valence-electron chi connectivity index (χ2n) is 7.29. The van der Waals surface area contributed by atoms with Crippen LogP contribution in [0, 0.1) is 5.41 Å². The van der Waals surface area contributed by atoms with Gasteiger partial charge in [0.25, 0.3) is 0 Å². The van der Waals surface area contributed by atoms with Crippen molar-refractivity contribution in [2.45, 2.75) is 30.7 Å². The van der Waals surface area contributed by atoms with Crippen LogP contribution >= 0.6 is 34.8 Å². The molecule has 27 heavy (non-hydrogen) atoms. The van der Waals surface area contributed by atoms with E-state index in [2.05, 4.69) is 25.2 Å². The average Bonchev–Trinajstić information content (AvgIpc) is 3.02. The van der Waals surface area contributed by atoms with Gasteiger partial charge in [-0.2, -0.15) is 0 Å². The van der Waals surface area contributed by atoms with Crippen LogP contribution in [0.3, 0.4) is 0 Å². The van der Waals surface area contributed by atoms with Crippen molar-refractivity contribution in [3.05, 3.63) is 12.7 Å². The van der Waals surface area contributed by atoms with E-state index >= 15 is 0 Å². The number of ether oxygens (including phenoxy) is 1. The lowest BCUT2D eigenvalue weighted by atomic mass is 9.95. The Bertz CT molecular complexity index is 824. The molecule has 0 aliphatic carbocycles. The number of hydrogen-bond acceptors (Lipinski definition) is 6. The van der Waals surface area contributed by atoms with Crippen molar-refractivity contribution in [3.8, 4) is 0 Å². The van der Waals surface area contributed by atoms with E-state index in [1.54, 1.807) is 25.3 Å². The first-order valence-corrected chi connectivity index (χ1v) is 9.60. The number of aromatic nitrogens is 4. The van der Waals surface area contributed by atoms with Gasteiger partial charge in [0.1, 0.15) is 6.33 Å². The van der Waals surface area contributed by atoms with Gasteiger partial charge in [0.2, 0.25) is 9.70 Å². The highest BCUT2D eigenvalue weighted by Gasteiger charge is 2.39. The fraction of sp³-hybridized carbons (Fsp3) is 0.625. The normalized spacial score (nSPS) is 17.2. The largest absolute Gasteiger partial charge is 0.378 e. The molecule has 1 saturated heterocycles. The van der Waals surface area contributed by atoms with E-state index in [1.165, 1.54) is 12.7 Å². The summed E-state index contributed by atoms with van der Waals surface area (Å²) in [4.78, 5) is 27.7. The van der Waals surface area contributed by atoms with Gasteiger partial charge in [0.05, 0.1) is 19.5 Å². The van der Waals surface area contributed by atoms with E-state index in [0.29, 0.717) is 43.3 Å². The zero-order valence-corrected chi connectivity index (χ0v) is 17.5. The minimum Gasteiger partial charge on any atom is -0.378 e. The monoisotopic (exact) mass is 434 g/mol. The number of halogens is 3. The number of morpholine rings is 1. The van der Waals surface area contributed by atoms with Gasteiger partial charge < -0.3 is 15.0 Å². The number of carbonyl (C=O) groups is 1. The lowest BCUT2D eigenvalue weighted by Gasteiger charge is -2.30. The van der Waals surface area contributed by atoms with Crippen LogP contribution in [0.2, 0.25) is 0 Å². The summed E-state index contributed by atoms with van der Waals surface area (Å²) in [6, 6.07) is 0. The molecule has 1 atom stereocenters. The van der Waals surface area contributed by atoms with E-state index in [-0.39, 0.29) is 5.91 Å². The Morgan fingerprint density at radius 3 is 2.44 bits per heavy atom. The summed E-state index contributed by atoms with van der Waals surface area (Å²) in [5.74, 6) is 0.426. The molecular weight excluding hydrogens is 415 g/mol. The van der Waals surface area contributed by atoms with Crippen molar-refractivity contribution < 1.29 is 9.53 Å². The summed E-state index contributed by atoms with van der Waals surface area (Å²) in [6.45, 7) is 7.98. The smallest absolute Gasteiger partial charge is 0.229 e. The molecule has 1 aliphatic rings. The average molecular weight is 436 g/mol. The Labute approximate surface area is 172 Å². The lowest BCUT2D eigenvalue weighted by Crippen LogP contribution is -2.44. The Balaban J connectivity index is 2.02. The molecule has 1 fully saturated rings. The highest BCUT2D eigenvalue weighted by molar-refractivity contribution is 6.68. The number of anilines is 1. The third-order valence-corrected chi connectivity index (χ3v) is 4.81. The van der Waals surface area contributed by atoms with Crippen LogP contribution in [0.5, 0.6) is 0 Å². The van der Waals surface area contributed by atoms with Crippen molar-refractivity contribution in [1.29, 1.82) is 0 Å². The Kier molecular flexibility index (Phi) is 5.72. The third kappa shape index (κ3) is 4.39. The molecule has 0 spiro atoms. The molecule has 2 aromatic rings. The number of nitrogens with zero attached hydrogens (tertiary/aromatic N) is 5. The number of hydrogen-bond donors (Lipinski definition) is 1. The number of carbonyl (C=O) groups excluding carboxylic acids is 1. The zero-order valence-electron chi connectivity index (χ0n) is 15.2. The second-order valence-corrected chi connectivity index (χ2v) is 9.66. The molecule has 148 valence electrons. The van der Waals surface area contributed by atoms with Gasteiger partial charge in [0, 0.05) is 18.5 Å². The number of imidazole rings is 1. The summed E-state index contributed by atoms with van der Waals surface area (Å²) >= 11 is 18.5. The van der Waals surface area contributed by atoms with E-state index in [4.69, 9.17) is 39.5 Å². The van der Waals surface area contributed by atoms with Gasteiger partial charge >= 0.3 is 0 Å². The van der Waals surface area contributed by atoms with Gasteiger partial charge in [-0.25, -0.2) is 15.0 Å². The van der Waals surface area contributed by atoms with Gasteiger partial charge in [-0.15, -0.1) is 0 Å². The van der Waals surface area contributed by atoms with E-state index in [9.17, 15) is 4.79 Å². The van der Waals surface area contributed by atoms with Crippen LogP contribution in [0.15, 0.2) is 12.7 Å². The summed E-state index contributed by atoms with van der Waals surface area (Å²) < 4.78 is 5.13. The van der Waals surface area contributed by atoms with Gasteiger partial charge in [-0.05, 0) is 0 Å². The fourth-order valence-corrected chi connectivity index (χ4v) is 3.16. The molecule has 0 saturated carbocycles. The van der Waals surface area contributed by atoms with E-state index in [0.717, 1.165) is 0 Å². The molecule has 0 aromatic carbocycles. The van der Waals surface area contributed by atoms with Crippen LogP contribution in [-0.2, 0) is 9.53 Å². The van der Waals surface area contributed by atoms with Crippen molar-refractivity contribution in [1.82, 2.24) is 24.8 Å². The molecule has 1 amide bonds. The second kappa shape index (κ2) is 7.58. The van der Waals surface area contributed by atoms with Crippen molar-refractivity contribution >= 4 is 57.7 Å². The summed E-state index contributed by atoms with van der Waals surface area (Å²) in [5, 5.41) is 2.78. The number of rotatable bonds is 3. The van der Waals surface area contributed by atoms with Crippen LogP contribution in [-0.4, -0.2) is 55.5 Å². The minimum atomic E-state index is -1.81. The molecule has 0 bridgehead atoms. The fourth-order valence-electron chi connectivity index (χ4n) is 2.68.